The highest BCUT2D eigenvalue weighted by atomic mass is 16.5. The first-order valence-corrected chi connectivity index (χ1v) is 36.3. The molecule has 4 amide bonds. The molecular weight excluding hydrogens is 1290 g/mol. The number of carbonyl (C=O) groups is 4. The van der Waals surface area contributed by atoms with Crippen molar-refractivity contribution in [3.8, 4) is 68.5 Å². The number of carbonyl (C=O) groups excluding carboxylic acids is 4. The molecular formula is C80H102N10O12. The summed E-state index contributed by atoms with van der Waals surface area (Å²) in [4.78, 5) is 60.7. The predicted octanol–water partition coefficient (Wildman–Crippen LogP) is 17.3. The molecule has 22 nitrogen and oxygen atoms in total. The van der Waals surface area contributed by atoms with Crippen molar-refractivity contribution in [2.24, 2.45) is 23.7 Å². The average molecular weight is 1400 g/mol. The number of rotatable bonds is 30. The summed E-state index contributed by atoms with van der Waals surface area (Å²) in [6.45, 7) is 27.7. The highest BCUT2D eigenvalue weighted by Gasteiger charge is 2.27. The first-order chi connectivity index (χ1) is 49.3. The van der Waals surface area contributed by atoms with Gasteiger partial charge >= 0.3 is 0 Å². The number of unbranched alkanes of at least 4 members (excludes halogenated alkanes) is 6. The number of nitrogens with zero attached hydrogens (tertiary/aromatic N) is 6. The van der Waals surface area contributed by atoms with Gasteiger partial charge in [0, 0.05) is 23.3 Å². The Labute approximate surface area is 600 Å². The highest BCUT2D eigenvalue weighted by Crippen LogP contribution is 2.42. The van der Waals surface area contributed by atoms with Crippen molar-refractivity contribution in [3.63, 3.8) is 0 Å². The summed E-state index contributed by atoms with van der Waals surface area (Å²) in [6, 6.07) is 28.2. The van der Waals surface area contributed by atoms with Crippen molar-refractivity contribution in [2.45, 2.75) is 160 Å². The maximum atomic E-state index is 15.2. The summed E-state index contributed by atoms with van der Waals surface area (Å²) in [5.74, 6) is 1.10. The summed E-state index contributed by atoms with van der Waals surface area (Å²) in [5, 5.41) is 30.8. The van der Waals surface area contributed by atoms with Crippen molar-refractivity contribution >= 4 is 46.4 Å². The van der Waals surface area contributed by atoms with Gasteiger partial charge in [-0.15, -0.1) is 10.2 Å². The molecule has 16 bridgehead atoms. The summed E-state index contributed by atoms with van der Waals surface area (Å²) >= 11 is 0. The molecule has 6 aromatic carbocycles. The van der Waals surface area contributed by atoms with Crippen LogP contribution in [-0.4, -0.2) is 106 Å². The molecule has 2 aromatic heterocycles. The Hall–Kier alpha value is -10.1. The quantitative estimate of drug-likeness (QED) is 0.0305. The standard InChI is InChI=1S/C80H102N10O12/c1-13-17-21-33-97-69-27-23-55-35-59(69)77(91)81-63-39-64(74(100-48-52(7)8)41-73(63)99-47-51(5)6)82-78(92)60-36-56(24-28-70(60)98-34-22-18-14-2)44-90-46-68(86-88-90)58-26-30-72(96-32-20-16-4)62(38-58)80(94)84-66-40-65(75(101-49-53(9)10)42-76(66)102-50-54(11)12)83-79(93)61-37-57(67-45-89(43-55)87-85-67)25-29-71(61)95-31-19-15-3/h23-30,35-42,45-46,51-54H,13-22,31-34,43-44,47-50H2,1-12H3,(H,81,91)(H,82,92)(H,83,93)(H,84,94). The number of amides is 4. The zero-order valence-electron chi connectivity index (χ0n) is 61.4. The Morgan fingerprint density at radius 1 is 0.343 bits per heavy atom. The van der Waals surface area contributed by atoms with E-state index in [1.807, 2.05) is 79.7 Å². The molecule has 0 saturated carbocycles. The smallest absolute Gasteiger partial charge is 0.259 e. The van der Waals surface area contributed by atoms with Gasteiger partial charge in [0.05, 0.1) is 123 Å². The lowest BCUT2D eigenvalue weighted by Gasteiger charge is -2.21. The third-order valence-electron chi connectivity index (χ3n) is 16.4. The molecule has 22 heteroatoms. The molecule has 1 aliphatic heterocycles. The van der Waals surface area contributed by atoms with Crippen molar-refractivity contribution in [3.05, 3.63) is 143 Å². The molecule has 1 aliphatic rings. The van der Waals surface area contributed by atoms with E-state index in [1.54, 1.807) is 94.6 Å². The van der Waals surface area contributed by atoms with Crippen molar-refractivity contribution in [1.82, 2.24) is 30.0 Å². The van der Waals surface area contributed by atoms with Crippen molar-refractivity contribution < 1.29 is 57.1 Å². The third kappa shape index (κ3) is 21.5. The summed E-state index contributed by atoms with van der Waals surface area (Å²) < 4.78 is 54.6. The van der Waals surface area contributed by atoms with Gasteiger partial charge in [-0.05, 0) is 133 Å². The summed E-state index contributed by atoms with van der Waals surface area (Å²) in [6.07, 6.45) is 12.2. The van der Waals surface area contributed by atoms with Crippen LogP contribution in [0.15, 0.2) is 109 Å². The van der Waals surface area contributed by atoms with E-state index in [2.05, 4.69) is 69.6 Å². The molecule has 9 rings (SSSR count). The molecule has 0 radical (unpaired) electrons. The van der Waals surface area contributed by atoms with E-state index >= 15 is 19.2 Å². The minimum Gasteiger partial charge on any atom is -0.493 e. The number of aromatic nitrogens is 6. The van der Waals surface area contributed by atoms with Crippen LogP contribution < -0.4 is 59.2 Å². The van der Waals surface area contributed by atoms with Crippen LogP contribution in [0.25, 0.3) is 22.5 Å². The number of nitrogens with one attached hydrogen (secondary N) is 4. The predicted molar refractivity (Wildman–Crippen MR) is 399 cm³/mol. The molecule has 8 aromatic rings. The van der Waals surface area contributed by atoms with Crippen LogP contribution in [-0.2, 0) is 13.1 Å². The SMILES string of the molecule is CCCCCOc1ccc2cc1C(=O)Nc1cc(c(OCC(C)C)cc1OCC(C)C)NC(=O)c1cc(ccc1OCCCCC)Cn1cc(nn1)-c1ccc(OCCCC)c(c1)C(=O)Nc1cc(c(OCC(C)C)cc1OCC(C)C)NC(=O)c1cc(ccc1OCCCC)-c1cn(nn1)C2. The topological polar surface area (TPSA) is 252 Å². The molecule has 0 spiro atoms. The highest BCUT2D eigenvalue weighted by molar-refractivity contribution is 6.11. The van der Waals surface area contributed by atoms with Gasteiger partial charge < -0.3 is 59.2 Å². The van der Waals surface area contributed by atoms with Gasteiger partial charge in [0.25, 0.3) is 23.6 Å². The monoisotopic (exact) mass is 1390 g/mol. The van der Waals surface area contributed by atoms with E-state index in [0.717, 1.165) is 64.2 Å². The zero-order chi connectivity index (χ0) is 72.7. The minimum atomic E-state index is -0.523. The number of ether oxygens (including phenoxy) is 8. The zero-order valence-corrected chi connectivity index (χ0v) is 61.4. The first-order valence-electron chi connectivity index (χ1n) is 36.3. The van der Waals surface area contributed by atoms with E-state index in [4.69, 9.17) is 37.9 Å². The fourth-order valence-corrected chi connectivity index (χ4v) is 10.8. The average Bonchev–Trinajstić information content (AvgIpc) is 1.13. The van der Waals surface area contributed by atoms with Crippen molar-refractivity contribution in [2.75, 3.05) is 74.1 Å². The van der Waals surface area contributed by atoms with Gasteiger partial charge in [-0.1, -0.05) is 144 Å². The Morgan fingerprint density at radius 2 is 0.637 bits per heavy atom. The van der Waals surface area contributed by atoms with E-state index in [9.17, 15) is 0 Å². The van der Waals surface area contributed by atoms with Gasteiger partial charge in [-0.25, -0.2) is 9.36 Å². The summed E-state index contributed by atoms with van der Waals surface area (Å²) in [5.41, 5.74) is 5.44. The number of fused-ring (bicyclic) bond motifs is 18. The van der Waals surface area contributed by atoms with Crippen LogP contribution in [0.4, 0.5) is 22.7 Å². The second-order valence-electron chi connectivity index (χ2n) is 27.5. The first kappa shape index (κ1) is 76.1. The molecule has 3 heterocycles. The lowest BCUT2D eigenvalue weighted by molar-refractivity contribution is 0.101. The maximum Gasteiger partial charge on any atom is 0.259 e. The molecule has 544 valence electrons. The van der Waals surface area contributed by atoms with E-state index < -0.39 is 23.6 Å². The van der Waals surface area contributed by atoms with Gasteiger partial charge in [-0.2, -0.15) is 0 Å². The summed E-state index contributed by atoms with van der Waals surface area (Å²) in [7, 11) is 0. The molecule has 0 unspecified atom stereocenters. The second kappa shape index (κ2) is 37.5. The molecule has 0 atom stereocenters. The third-order valence-corrected chi connectivity index (χ3v) is 16.4. The van der Waals surface area contributed by atoms with Crippen LogP contribution in [0.3, 0.4) is 0 Å². The van der Waals surface area contributed by atoms with Crippen LogP contribution >= 0.6 is 0 Å². The Morgan fingerprint density at radius 3 is 0.941 bits per heavy atom. The van der Waals surface area contributed by atoms with Gasteiger partial charge in [0.15, 0.2) is 0 Å². The molecule has 0 saturated heterocycles. The number of benzene rings is 6. The van der Waals surface area contributed by atoms with E-state index in [0.29, 0.717) is 132 Å². The molecule has 0 aliphatic carbocycles. The maximum absolute atomic E-state index is 15.2. The Kier molecular flexibility index (Phi) is 28.0. The van der Waals surface area contributed by atoms with Crippen LogP contribution in [0.5, 0.6) is 46.0 Å². The lowest BCUT2D eigenvalue weighted by atomic mass is 10.1. The second-order valence-corrected chi connectivity index (χ2v) is 27.5. The van der Waals surface area contributed by atoms with Crippen LogP contribution in [0.1, 0.15) is 200 Å². The number of hydrogen-bond acceptors (Lipinski definition) is 16. The number of hydrogen-bond donors (Lipinski definition) is 4. The normalized spacial score (nSPS) is 12.7. The fraction of sp³-hybridized carbons (Fsp3) is 0.450. The van der Waals surface area contributed by atoms with Crippen molar-refractivity contribution in [1.29, 1.82) is 0 Å². The Balaban J connectivity index is 1.21. The minimum absolute atomic E-state index is 0.102. The van der Waals surface area contributed by atoms with Gasteiger partial charge in [0.2, 0.25) is 0 Å². The lowest BCUT2D eigenvalue weighted by Crippen LogP contribution is -2.19. The number of anilines is 4. The van der Waals surface area contributed by atoms with Crippen LogP contribution in [0.2, 0.25) is 0 Å². The van der Waals surface area contributed by atoms with Gasteiger partial charge in [0.1, 0.15) is 57.4 Å². The largest absolute Gasteiger partial charge is 0.493 e. The van der Waals surface area contributed by atoms with E-state index in [-0.39, 0.29) is 81.8 Å². The molecule has 102 heavy (non-hydrogen) atoms. The molecule has 0 fully saturated rings. The van der Waals surface area contributed by atoms with Crippen LogP contribution in [0, 0.1) is 23.7 Å². The fourth-order valence-electron chi connectivity index (χ4n) is 10.8. The molecule has 4 N–H and O–H groups in total. The van der Waals surface area contributed by atoms with E-state index in [1.165, 1.54) is 0 Å². The van der Waals surface area contributed by atoms with Gasteiger partial charge in [-0.3, -0.25) is 19.2 Å². The Bertz CT molecular complexity index is 3870.